The summed E-state index contributed by atoms with van der Waals surface area (Å²) < 4.78 is 37.9. The van der Waals surface area contributed by atoms with Gasteiger partial charge in [-0.3, -0.25) is 4.79 Å². The third kappa shape index (κ3) is 5.21. The third-order valence-electron chi connectivity index (χ3n) is 2.94. The minimum Gasteiger partial charge on any atom is -0.348 e. The molecule has 0 unspecified atom stereocenters. The van der Waals surface area contributed by atoms with Crippen LogP contribution in [-0.4, -0.2) is 10.9 Å². The Morgan fingerprint density at radius 2 is 1.79 bits per heavy atom. The van der Waals surface area contributed by atoms with Crippen LogP contribution in [0, 0.1) is 0 Å². The molecule has 0 radical (unpaired) electrons. The zero-order valence-corrected chi connectivity index (χ0v) is 13.7. The van der Waals surface area contributed by atoms with E-state index in [1.54, 1.807) is 24.3 Å². The van der Waals surface area contributed by atoms with E-state index in [4.69, 9.17) is 23.8 Å². The van der Waals surface area contributed by atoms with Crippen molar-refractivity contribution in [2.75, 3.05) is 10.6 Å². The summed E-state index contributed by atoms with van der Waals surface area (Å²) in [6, 6.07) is 11.2. The number of hydrogen-bond donors (Lipinski definition) is 2. The van der Waals surface area contributed by atoms with Gasteiger partial charge < -0.3 is 10.6 Å². The van der Waals surface area contributed by atoms with E-state index in [0.717, 1.165) is 12.1 Å². The average Bonchev–Trinajstić information content (AvgIpc) is 2.49. The number of nitrogens with one attached hydrogen (secondary N) is 2. The van der Waals surface area contributed by atoms with Crippen LogP contribution >= 0.6 is 23.8 Å². The predicted molar refractivity (Wildman–Crippen MR) is 92.4 cm³/mol. The van der Waals surface area contributed by atoms with E-state index in [2.05, 4.69) is 10.6 Å². The van der Waals surface area contributed by atoms with Crippen molar-refractivity contribution in [3.8, 4) is 0 Å². The van der Waals surface area contributed by atoms with Crippen molar-refractivity contribution in [3.63, 3.8) is 0 Å². The molecule has 2 rings (SSSR count). The standard InChI is InChI=1S/C16H12ClF3N2OS/c17-12-6-1-2-7-13(12)22-15(24)9-14(23)21-11-5-3-4-10(8-11)16(18,19)20/h1-8H,9H2,(H,21,23)(H,22,24). The van der Waals surface area contributed by atoms with Gasteiger partial charge in [0.1, 0.15) is 0 Å². The summed E-state index contributed by atoms with van der Waals surface area (Å²) in [6.07, 6.45) is -4.65. The summed E-state index contributed by atoms with van der Waals surface area (Å²) in [5, 5.41) is 5.65. The number of alkyl halides is 3. The number of rotatable bonds is 4. The maximum absolute atomic E-state index is 12.6. The first kappa shape index (κ1) is 18.2. The molecular formula is C16H12ClF3N2OS. The van der Waals surface area contributed by atoms with Crippen LogP contribution in [0.2, 0.25) is 5.02 Å². The van der Waals surface area contributed by atoms with Crippen LogP contribution in [0.4, 0.5) is 24.5 Å². The molecule has 2 aromatic carbocycles. The molecule has 2 aromatic rings. The molecule has 8 heteroatoms. The molecule has 0 aliphatic rings. The molecule has 0 heterocycles. The molecule has 2 N–H and O–H groups in total. The lowest BCUT2D eigenvalue weighted by atomic mass is 10.2. The fourth-order valence-corrected chi connectivity index (χ4v) is 2.31. The second-order valence-electron chi connectivity index (χ2n) is 4.83. The Kier molecular flexibility index (Phi) is 5.80. The highest BCUT2D eigenvalue weighted by atomic mass is 35.5. The van der Waals surface area contributed by atoms with Crippen LogP contribution in [0.5, 0.6) is 0 Å². The number of carbonyl (C=O) groups excluding carboxylic acids is 1. The molecule has 0 bridgehead atoms. The van der Waals surface area contributed by atoms with Gasteiger partial charge in [0, 0.05) is 5.69 Å². The lowest BCUT2D eigenvalue weighted by Gasteiger charge is -2.11. The monoisotopic (exact) mass is 372 g/mol. The number of thiocarbonyl (C=S) groups is 1. The number of anilines is 2. The third-order valence-corrected chi connectivity index (χ3v) is 3.52. The van der Waals surface area contributed by atoms with Gasteiger partial charge in [0.15, 0.2) is 0 Å². The minimum atomic E-state index is -4.47. The van der Waals surface area contributed by atoms with Crippen LogP contribution in [-0.2, 0) is 11.0 Å². The first-order valence-corrected chi connectivity index (χ1v) is 7.56. The van der Waals surface area contributed by atoms with Crippen molar-refractivity contribution in [3.05, 3.63) is 59.1 Å². The van der Waals surface area contributed by atoms with Crippen LogP contribution in [0.15, 0.2) is 48.5 Å². The summed E-state index contributed by atoms with van der Waals surface area (Å²) in [6.45, 7) is 0. The fourth-order valence-electron chi connectivity index (χ4n) is 1.88. The Balaban J connectivity index is 1.96. The highest BCUT2D eigenvalue weighted by Gasteiger charge is 2.30. The van der Waals surface area contributed by atoms with Crippen molar-refractivity contribution >= 4 is 46.1 Å². The zero-order valence-electron chi connectivity index (χ0n) is 12.2. The molecular weight excluding hydrogens is 361 g/mol. The smallest absolute Gasteiger partial charge is 0.348 e. The van der Waals surface area contributed by atoms with E-state index in [-0.39, 0.29) is 17.1 Å². The number of halogens is 4. The predicted octanol–water partition coefficient (Wildman–Crippen LogP) is 5.13. The van der Waals surface area contributed by atoms with Crippen molar-refractivity contribution in [2.24, 2.45) is 0 Å². The zero-order chi connectivity index (χ0) is 17.7. The highest BCUT2D eigenvalue weighted by molar-refractivity contribution is 7.80. The largest absolute Gasteiger partial charge is 0.416 e. The van der Waals surface area contributed by atoms with Crippen LogP contribution in [0.1, 0.15) is 12.0 Å². The van der Waals surface area contributed by atoms with Gasteiger partial charge >= 0.3 is 6.18 Å². The summed E-state index contributed by atoms with van der Waals surface area (Å²) in [4.78, 5) is 12.1. The normalized spacial score (nSPS) is 11.0. The Morgan fingerprint density at radius 1 is 1.08 bits per heavy atom. The Hall–Kier alpha value is -2.12. The second-order valence-corrected chi connectivity index (χ2v) is 5.73. The molecule has 3 nitrogen and oxygen atoms in total. The second kappa shape index (κ2) is 7.63. The van der Waals surface area contributed by atoms with E-state index in [1.165, 1.54) is 12.1 Å². The van der Waals surface area contributed by atoms with Gasteiger partial charge in [-0.05, 0) is 30.3 Å². The van der Waals surface area contributed by atoms with E-state index in [9.17, 15) is 18.0 Å². The van der Waals surface area contributed by atoms with Crippen LogP contribution in [0.25, 0.3) is 0 Å². The number of para-hydroxylation sites is 1. The molecule has 0 saturated heterocycles. The van der Waals surface area contributed by atoms with E-state index >= 15 is 0 Å². The minimum absolute atomic E-state index is 0.0513. The summed E-state index contributed by atoms with van der Waals surface area (Å²) >= 11 is 11.0. The Morgan fingerprint density at radius 3 is 2.46 bits per heavy atom. The molecule has 0 fully saturated rings. The maximum Gasteiger partial charge on any atom is 0.416 e. The van der Waals surface area contributed by atoms with Crippen molar-refractivity contribution in [1.29, 1.82) is 0 Å². The molecule has 126 valence electrons. The molecule has 1 amide bonds. The maximum atomic E-state index is 12.6. The molecule has 0 atom stereocenters. The van der Waals surface area contributed by atoms with Gasteiger partial charge in [-0.15, -0.1) is 0 Å². The Bertz CT molecular complexity index is 765. The van der Waals surface area contributed by atoms with Crippen LogP contribution in [0.3, 0.4) is 0 Å². The highest BCUT2D eigenvalue weighted by Crippen LogP contribution is 2.30. The van der Waals surface area contributed by atoms with Gasteiger partial charge in [-0.25, -0.2) is 0 Å². The fraction of sp³-hybridized carbons (Fsp3) is 0.125. The van der Waals surface area contributed by atoms with Crippen LogP contribution < -0.4 is 10.6 Å². The number of amides is 1. The first-order valence-electron chi connectivity index (χ1n) is 6.77. The van der Waals surface area contributed by atoms with Crippen molar-refractivity contribution < 1.29 is 18.0 Å². The van der Waals surface area contributed by atoms with Gasteiger partial charge in [0.05, 0.1) is 27.7 Å². The summed E-state index contributed by atoms with van der Waals surface area (Å²) in [5.74, 6) is -0.529. The van der Waals surface area contributed by atoms with E-state index < -0.39 is 17.6 Å². The summed E-state index contributed by atoms with van der Waals surface area (Å²) in [7, 11) is 0. The van der Waals surface area contributed by atoms with Gasteiger partial charge in [-0.2, -0.15) is 13.2 Å². The number of carbonyl (C=O) groups is 1. The van der Waals surface area contributed by atoms with Gasteiger partial charge in [0.2, 0.25) is 5.91 Å². The average molecular weight is 373 g/mol. The molecule has 24 heavy (non-hydrogen) atoms. The van der Waals surface area contributed by atoms with Gasteiger partial charge in [0.25, 0.3) is 0 Å². The van der Waals surface area contributed by atoms with Gasteiger partial charge in [-0.1, -0.05) is 42.0 Å². The SMILES string of the molecule is O=C(CC(=S)Nc1ccccc1Cl)Nc1cccc(C(F)(F)F)c1. The van der Waals surface area contributed by atoms with E-state index in [1.807, 2.05) is 0 Å². The molecule has 0 spiro atoms. The molecule has 0 aromatic heterocycles. The summed E-state index contributed by atoms with van der Waals surface area (Å²) in [5.41, 5.74) is -0.233. The molecule has 0 aliphatic carbocycles. The first-order chi connectivity index (χ1) is 11.3. The molecule has 0 aliphatic heterocycles. The topological polar surface area (TPSA) is 41.1 Å². The lowest BCUT2D eigenvalue weighted by Crippen LogP contribution is -2.20. The van der Waals surface area contributed by atoms with Crippen molar-refractivity contribution in [2.45, 2.75) is 12.6 Å². The lowest BCUT2D eigenvalue weighted by molar-refractivity contribution is -0.137. The Labute approximate surface area is 146 Å². The van der Waals surface area contributed by atoms with Crippen molar-refractivity contribution in [1.82, 2.24) is 0 Å². The molecule has 0 saturated carbocycles. The number of benzene rings is 2. The number of hydrogen-bond acceptors (Lipinski definition) is 2. The quantitative estimate of drug-likeness (QED) is 0.731. The van der Waals surface area contributed by atoms with E-state index in [0.29, 0.717) is 10.7 Å².